The second-order valence-electron chi connectivity index (χ2n) is 6.79. The molecule has 2 rings (SSSR count). The molecule has 0 spiro atoms. The summed E-state index contributed by atoms with van der Waals surface area (Å²) in [6.45, 7) is 4.01. The second-order valence-corrected chi connectivity index (χ2v) is 8.65. The third-order valence-corrected chi connectivity index (χ3v) is 6.14. The first kappa shape index (κ1) is 21.0. The number of allylic oxidation sites excluding steroid dienone is 1. The van der Waals surface area contributed by atoms with E-state index in [1.54, 1.807) is 30.3 Å². The predicted octanol–water partition coefficient (Wildman–Crippen LogP) is 2.35. The van der Waals surface area contributed by atoms with Gasteiger partial charge < -0.3 is 10.1 Å². The zero-order valence-corrected chi connectivity index (χ0v) is 16.6. The van der Waals surface area contributed by atoms with E-state index in [9.17, 15) is 18.0 Å². The summed E-state index contributed by atoms with van der Waals surface area (Å²) < 4.78 is 32.7. The van der Waals surface area contributed by atoms with E-state index in [1.165, 1.54) is 7.11 Å². The Kier molecular flexibility index (Phi) is 7.01. The van der Waals surface area contributed by atoms with Gasteiger partial charge in [0.2, 0.25) is 15.9 Å². The summed E-state index contributed by atoms with van der Waals surface area (Å²) in [5, 5.41) is 1.88. The number of methoxy groups -OCH3 is 1. The smallest absolute Gasteiger partial charge is 0.334 e. The molecule has 1 atom stereocenters. The molecule has 1 aromatic rings. The van der Waals surface area contributed by atoms with Crippen molar-refractivity contribution >= 4 is 27.6 Å². The lowest BCUT2D eigenvalue weighted by Crippen LogP contribution is -2.34. The van der Waals surface area contributed by atoms with E-state index >= 15 is 0 Å². The van der Waals surface area contributed by atoms with Crippen LogP contribution < -0.4 is 10.0 Å². The third kappa shape index (κ3) is 5.56. The van der Waals surface area contributed by atoms with Crippen molar-refractivity contribution in [3.8, 4) is 0 Å². The monoisotopic (exact) mass is 394 g/mol. The number of rotatable bonds is 7. The SMILES string of the molecule is COC(=O)C1=CCCCC1S(=O)(=O)Nc1ccc(CNC(=O)C(C)C)cc1. The second kappa shape index (κ2) is 9.03. The van der Waals surface area contributed by atoms with E-state index < -0.39 is 21.2 Å². The highest BCUT2D eigenvalue weighted by Crippen LogP contribution is 2.27. The van der Waals surface area contributed by atoms with Crippen molar-refractivity contribution in [1.82, 2.24) is 5.32 Å². The lowest BCUT2D eigenvalue weighted by molar-refractivity contribution is -0.136. The Morgan fingerprint density at radius 1 is 1.22 bits per heavy atom. The normalized spacial score (nSPS) is 17.2. The highest BCUT2D eigenvalue weighted by molar-refractivity contribution is 7.93. The summed E-state index contributed by atoms with van der Waals surface area (Å²) in [7, 11) is -2.54. The predicted molar refractivity (Wildman–Crippen MR) is 103 cm³/mol. The molecular weight excluding hydrogens is 368 g/mol. The number of sulfonamides is 1. The molecule has 1 aromatic carbocycles. The summed E-state index contributed by atoms with van der Waals surface area (Å²) in [4.78, 5) is 23.5. The molecule has 8 heteroatoms. The molecule has 0 saturated carbocycles. The van der Waals surface area contributed by atoms with Crippen LogP contribution in [0.1, 0.15) is 38.7 Å². The van der Waals surface area contributed by atoms with Gasteiger partial charge in [0.1, 0.15) is 5.25 Å². The largest absolute Gasteiger partial charge is 0.466 e. The molecule has 0 aliphatic heterocycles. The molecule has 7 nitrogen and oxygen atoms in total. The first-order valence-corrected chi connectivity index (χ1v) is 10.5. The van der Waals surface area contributed by atoms with Crippen molar-refractivity contribution in [1.29, 1.82) is 0 Å². The van der Waals surface area contributed by atoms with Crippen LogP contribution in [0.2, 0.25) is 0 Å². The molecule has 0 heterocycles. The zero-order chi connectivity index (χ0) is 20.0. The van der Waals surface area contributed by atoms with Gasteiger partial charge in [-0.15, -0.1) is 0 Å². The van der Waals surface area contributed by atoms with E-state index in [4.69, 9.17) is 4.74 Å². The van der Waals surface area contributed by atoms with Gasteiger partial charge in [0.05, 0.1) is 12.7 Å². The molecule has 1 amide bonds. The fraction of sp³-hybridized carbons (Fsp3) is 0.474. The minimum absolute atomic E-state index is 0.0424. The lowest BCUT2D eigenvalue weighted by Gasteiger charge is -2.23. The van der Waals surface area contributed by atoms with Crippen LogP contribution in [-0.2, 0) is 30.9 Å². The molecule has 1 aliphatic rings. The Hall–Kier alpha value is -2.35. The Labute approximate surface area is 160 Å². The molecule has 27 heavy (non-hydrogen) atoms. The molecule has 148 valence electrons. The van der Waals surface area contributed by atoms with Crippen LogP contribution in [0.3, 0.4) is 0 Å². The van der Waals surface area contributed by atoms with Gasteiger partial charge in [-0.05, 0) is 37.0 Å². The maximum absolute atomic E-state index is 12.7. The van der Waals surface area contributed by atoms with Crippen LogP contribution >= 0.6 is 0 Å². The number of hydrogen-bond donors (Lipinski definition) is 2. The summed E-state index contributed by atoms with van der Waals surface area (Å²) in [6.07, 6.45) is 3.36. The number of carbonyl (C=O) groups excluding carboxylic acids is 2. The standard InChI is InChI=1S/C19H26N2O5S/c1-13(2)18(22)20-12-14-8-10-15(11-9-14)21-27(24,25)17-7-5-4-6-16(17)19(23)26-3/h6,8-11,13,17,21H,4-5,7,12H2,1-3H3,(H,20,22). The number of benzene rings is 1. The molecule has 1 unspecified atom stereocenters. The highest BCUT2D eigenvalue weighted by atomic mass is 32.2. The average molecular weight is 394 g/mol. The van der Waals surface area contributed by atoms with Crippen LogP contribution in [0.15, 0.2) is 35.9 Å². The van der Waals surface area contributed by atoms with Crippen molar-refractivity contribution in [3.05, 3.63) is 41.5 Å². The van der Waals surface area contributed by atoms with Crippen molar-refractivity contribution in [2.24, 2.45) is 5.92 Å². The van der Waals surface area contributed by atoms with Crippen LogP contribution in [0.4, 0.5) is 5.69 Å². The number of anilines is 1. The number of amides is 1. The maximum Gasteiger partial charge on any atom is 0.334 e. The minimum Gasteiger partial charge on any atom is -0.466 e. The van der Waals surface area contributed by atoms with Gasteiger partial charge in [0, 0.05) is 18.2 Å². The summed E-state index contributed by atoms with van der Waals surface area (Å²) in [6, 6.07) is 6.77. The third-order valence-electron chi connectivity index (χ3n) is 4.38. The summed E-state index contributed by atoms with van der Waals surface area (Å²) in [5.74, 6) is -0.746. The van der Waals surface area contributed by atoms with Crippen LogP contribution in [0.5, 0.6) is 0 Å². The fourth-order valence-electron chi connectivity index (χ4n) is 2.82. The van der Waals surface area contributed by atoms with Crippen LogP contribution in [0, 0.1) is 5.92 Å². The van der Waals surface area contributed by atoms with Crippen LogP contribution in [-0.4, -0.2) is 32.7 Å². The zero-order valence-electron chi connectivity index (χ0n) is 15.8. The first-order chi connectivity index (χ1) is 12.7. The number of hydrogen-bond acceptors (Lipinski definition) is 5. The van der Waals surface area contributed by atoms with Gasteiger partial charge in [0.15, 0.2) is 0 Å². The Morgan fingerprint density at radius 3 is 2.48 bits per heavy atom. The Bertz CT molecular complexity index is 813. The molecular formula is C19H26N2O5S. The minimum atomic E-state index is -3.78. The van der Waals surface area contributed by atoms with Crippen molar-refractivity contribution in [3.63, 3.8) is 0 Å². The topological polar surface area (TPSA) is 102 Å². The number of ether oxygens (including phenoxy) is 1. The average Bonchev–Trinajstić information content (AvgIpc) is 2.66. The summed E-state index contributed by atoms with van der Waals surface area (Å²) >= 11 is 0. The van der Waals surface area contributed by atoms with E-state index in [0.717, 1.165) is 5.56 Å². The maximum atomic E-state index is 12.7. The molecule has 2 N–H and O–H groups in total. The molecule has 1 aliphatic carbocycles. The van der Waals surface area contributed by atoms with E-state index in [-0.39, 0.29) is 17.4 Å². The molecule has 0 radical (unpaired) electrons. The molecule has 0 bridgehead atoms. The molecule has 0 fully saturated rings. The van der Waals surface area contributed by atoms with E-state index in [2.05, 4.69) is 10.0 Å². The van der Waals surface area contributed by atoms with Crippen LogP contribution in [0.25, 0.3) is 0 Å². The fourth-order valence-corrected chi connectivity index (χ4v) is 4.43. The van der Waals surface area contributed by atoms with E-state index in [1.807, 2.05) is 13.8 Å². The van der Waals surface area contributed by atoms with E-state index in [0.29, 0.717) is 31.5 Å². The molecule has 0 aromatic heterocycles. The molecule has 0 saturated heterocycles. The van der Waals surface area contributed by atoms with Gasteiger partial charge in [0.25, 0.3) is 0 Å². The summed E-state index contributed by atoms with van der Waals surface area (Å²) in [5.41, 5.74) is 1.45. The van der Waals surface area contributed by atoms with Gasteiger partial charge in [-0.25, -0.2) is 13.2 Å². The number of nitrogens with one attached hydrogen (secondary N) is 2. The Morgan fingerprint density at radius 2 is 1.89 bits per heavy atom. The highest BCUT2D eigenvalue weighted by Gasteiger charge is 2.34. The van der Waals surface area contributed by atoms with Gasteiger partial charge in [-0.2, -0.15) is 0 Å². The number of carbonyl (C=O) groups is 2. The quantitative estimate of drug-likeness (QED) is 0.691. The van der Waals surface area contributed by atoms with Gasteiger partial charge in [-0.3, -0.25) is 9.52 Å². The Balaban J connectivity index is 2.07. The van der Waals surface area contributed by atoms with Crippen molar-refractivity contribution < 1.29 is 22.7 Å². The lowest BCUT2D eigenvalue weighted by atomic mass is 9.99. The van der Waals surface area contributed by atoms with Crippen molar-refractivity contribution in [2.75, 3.05) is 11.8 Å². The van der Waals surface area contributed by atoms with Gasteiger partial charge >= 0.3 is 5.97 Å². The van der Waals surface area contributed by atoms with Crippen molar-refractivity contribution in [2.45, 2.75) is 44.9 Å². The number of esters is 1. The first-order valence-electron chi connectivity index (χ1n) is 8.91. The van der Waals surface area contributed by atoms with Gasteiger partial charge in [-0.1, -0.05) is 32.1 Å².